The van der Waals surface area contributed by atoms with E-state index < -0.39 is 14.4 Å². The second-order valence-corrected chi connectivity index (χ2v) is 10.7. The summed E-state index contributed by atoms with van der Waals surface area (Å²) >= 11 is 0. The van der Waals surface area contributed by atoms with Crippen molar-refractivity contribution < 1.29 is 14.0 Å². The van der Waals surface area contributed by atoms with Crippen molar-refractivity contribution in [1.82, 2.24) is 4.90 Å². The lowest BCUT2D eigenvalue weighted by Crippen LogP contribution is -2.39. The number of carbonyl (C=O) groups excluding carboxylic acids is 1. The Morgan fingerprint density at radius 1 is 1.30 bits per heavy atom. The van der Waals surface area contributed by atoms with Gasteiger partial charge in [0.05, 0.1) is 13.4 Å². The third-order valence-electron chi connectivity index (χ3n) is 3.36. The summed E-state index contributed by atoms with van der Waals surface area (Å²) in [5.74, 6) is 0. The molecule has 0 unspecified atom stereocenters. The maximum atomic E-state index is 11.4. The lowest BCUT2D eigenvalue weighted by molar-refractivity contribution is 0.143. The first-order valence-electron chi connectivity index (χ1n) is 6.62. The van der Waals surface area contributed by atoms with Gasteiger partial charge in [0.2, 0.25) is 8.32 Å². The fourth-order valence-electron chi connectivity index (χ4n) is 1.04. The van der Waals surface area contributed by atoms with E-state index in [1.54, 1.807) is 30.7 Å². The summed E-state index contributed by atoms with van der Waals surface area (Å²) in [6.07, 6.45) is 8.07. The molecule has 0 saturated heterocycles. The van der Waals surface area contributed by atoms with Gasteiger partial charge in [-0.05, 0) is 30.3 Å². The molecular formula is C15H27NO3Si. The zero-order chi connectivity index (χ0) is 15.8. The third-order valence-corrected chi connectivity index (χ3v) is 7.70. The van der Waals surface area contributed by atoms with E-state index in [4.69, 9.17) is 4.43 Å². The summed E-state index contributed by atoms with van der Waals surface area (Å²) in [6, 6.07) is 0. The molecule has 0 atom stereocenters. The Morgan fingerprint density at radius 3 is 2.35 bits per heavy atom. The normalized spacial score (nSPS) is 12.7. The van der Waals surface area contributed by atoms with Crippen molar-refractivity contribution in [2.45, 2.75) is 38.9 Å². The molecule has 0 spiro atoms. The Hall–Kier alpha value is -1.49. The van der Waals surface area contributed by atoms with Crippen LogP contribution in [0.25, 0.3) is 0 Å². The number of methoxy groups -OCH3 is 1. The highest BCUT2D eigenvalue weighted by Crippen LogP contribution is 2.36. The Kier molecular flexibility index (Phi) is 7.35. The molecule has 0 bridgehead atoms. The minimum Gasteiger partial charge on any atom is -0.549 e. The van der Waals surface area contributed by atoms with Crippen molar-refractivity contribution in [1.29, 1.82) is 0 Å². The van der Waals surface area contributed by atoms with E-state index in [9.17, 15) is 4.79 Å². The lowest BCUT2D eigenvalue weighted by Gasteiger charge is -2.34. The van der Waals surface area contributed by atoms with E-state index >= 15 is 0 Å². The molecule has 1 amide bonds. The van der Waals surface area contributed by atoms with E-state index in [0.717, 1.165) is 0 Å². The summed E-state index contributed by atoms with van der Waals surface area (Å²) in [7, 11) is -0.418. The number of nitrogens with zero attached hydrogens (tertiary/aromatic N) is 1. The van der Waals surface area contributed by atoms with Gasteiger partial charge in [-0.25, -0.2) is 4.79 Å². The average Bonchev–Trinajstić information content (AvgIpc) is 2.34. The van der Waals surface area contributed by atoms with Crippen LogP contribution in [0.15, 0.2) is 37.3 Å². The van der Waals surface area contributed by atoms with Crippen molar-refractivity contribution >= 4 is 14.4 Å². The van der Waals surface area contributed by atoms with Crippen LogP contribution >= 0.6 is 0 Å². The first-order valence-corrected chi connectivity index (χ1v) is 9.53. The molecule has 0 radical (unpaired) electrons. The summed E-state index contributed by atoms with van der Waals surface area (Å²) in [5, 5.41) is 0.169. The Balaban J connectivity index is 4.52. The van der Waals surface area contributed by atoms with Crippen LogP contribution in [0.1, 0.15) is 20.8 Å². The molecule has 5 heteroatoms. The van der Waals surface area contributed by atoms with E-state index in [-0.39, 0.29) is 5.04 Å². The van der Waals surface area contributed by atoms with E-state index in [0.29, 0.717) is 6.54 Å². The maximum Gasteiger partial charge on any atom is 0.413 e. The van der Waals surface area contributed by atoms with Crippen LogP contribution in [0.2, 0.25) is 18.1 Å². The van der Waals surface area contributed by atoms with Crippen LogP contribution in [0.3, 0.4) is 0 Å². The largest absolute Gasteiger partial charge is 0.549 e. The van der Waals surface area contributed by atoms with Crippen LogP contribution in [-0.2, 0) is 9.16 Å². The van der Waals surface area contributed by atoms with Crippen LogP contribution in [0, 0.1) is 0 Å². The summed E-state index contributed by atoms with van der Waals surface area (Å²) in [4.78, 5) is 12.8. The van der Waals surface area contributed by atoms with Crippen molar-refractivity contribution in [3.8, 4) is 0 Å². The summed E-state index contributed by atoms with van der Waals surface area (Å²) < 4.78 is 10.5. The van der Waals surface area contributed by atoms with Crippen LogP contribution < -0.4 is 0 Å². The average molecular weight is 297 g/mol. The number of hydrogen-bond donors (Lipinski definition) is 0. The molecule has 0 heterocycles. The van der Waals surface area contributed by atoms with E-state index in [1.165, 1.54) is 12.0 Å². The van der Waals surface area contributed by atoms with Gasteiger partial charge in [-0.2, -0.15) is 0 Å². The number of hydrogen-bond acceptors (Lipinski definition) is 3. The molecule has 0 N–H and O–H groups in total. The molecule has 4 nitrogen and oxygen atoms in total. The molecule has 0 aliphatic carbocycles. The van der Waals surface area contributed by atoms with Gasteiger partial charge in [-0.1, -0.05) is 26.8 Å². The fourth-order valence-corrected chi connectivity index (χ4v) is 1.81. The molecular weight excluding hydrogens is 270 g/mol. The quantitative estimate of drug-likeness (QED) is 0.318. The van der Waals surface area contributed by atoms with Crippen molar-refractivity contribution in [3.05, 3.63) is 37.3 Å². The molecule has 0 aliphatic rings. The van der Waals surface area contributed by atoms with Crippen molar-refractivity contribution in [2.24, 2.45) is 0 Å². The second kappa shape index (κ2) is 7.94. The summed E-state index contributed by atoms with van der Waals surface area (Å²) in [5.41, 5.74) is 0. The minimum absolute atomic E-state index is 0.169. The number of carbonyl (C=O) groups is 1. The van der Waals surface area contributed by atoms with Gasteiger partial charge in [-0.15, -0.1) is 6.58 Å². The summed E-state index contributed by atoms with van der Waals surface area (Å²) in [6.45, 7) is 14.9. The van der Waals surface area contributed by atoms with E-state index in [1.807, 2.05) is 0 Å². The highest BCUT2D eigenvalue weighted by molar-refractivity contribution is 6.74. The number of allylic oxidation sites excluding steroid dienone is 2. The molecule has 114 valence electrons. The Morgan fingerprint density at radius 2 is 1.90 bits per heavy atom. The van der Waals surface area contributed by atoms with Crippen molar-refractivity contribution in [2.75, 3.05) is 13.7 Å². The number of amides is 1. The maximum absolute atomic E-state index is 11.4. The van der Waals surface area contributed by atoms with Crippen LogP contribution in [-0.4, -0.2) is 33.0 Å². The van der Waals surface area contributed by atoms with Gasteiger partial charge in [0, 0.05) is 12.7 Å². The molecule has 0 rings (SSSR count). The van der Waals surface area contributed by atoms with E-state index in [2.05, 4.69) is 45.2 Å². The monoisotopic (exact) mass is 297 g/mol. The Labute approximate surface area is 123 Å². The molecule has 20 heavy (non-hydrogen) atoms. The zero-order valence-electron chi connectivity index (χ0n) is 13.5. The molecule has 0 aromatic carbocycles. The first kappa shape index (κ1) is 18.5. The second-order valence-electron chi connectivity index (χ2n) is 5.96. The van der Waals surface area contributed by atoms with Gasteiger partial charge in [0.25, 0.3) is 0 Å². The molecule has 0 aromatic heterocycles. The van der Waals surface area contributed by atoms with Gasteiger partial charge in [-0.3, -0.25) is 4.90 Å². The van der Waals surface area contributed by atoms with Gasteiger partial charge in [0.15, 0.2) is 0 Å². The molecule has 0 fully saturated rings. The highest BCUT2D eigenvalue weighted by atomic mass is 28.4. The van der Waals surface area contributed by atoms with Crippen LogP contribution in [0.4, 0.5) is 4.79 Å². The molecule has 0 saturated carbocycles. The predicted molar refractivity (Wildman–Crippen MR) is 85.9 cm³/mol. The van der Waals surface area contributed by atoms with Gasteiger partial charge in [0.1, 0.15) is 0 Å². The fraction of sp³-hybridized carbons (Fsp3) is 0.533. The Bertz CT molecular complexity index is 381. The highest BCUT2D eigenvalue weighted by Gasteiger charge is 2.37. The van der Waals surface area contributed by atoms with Gasteiger partial charge >= 0.3 is 6.09 Å². The predicted octanol–water partition coefficient (Wildman–Crippen LogP) is 4.29. The minimum atomic E-state index is -1.77. The zero-order valence-corrected chi connectivity index (χ0v) is 14.5. The molecule has 0 aromatic rings. The molecule has 0 aliphatic heterocycles. The lowest BCUT2D eigenvalue weighted by atomic mass is 10.2. The third kappa shape index (κ3) is 6.10. The number of rotatable bonds is 6. The first-order chi connectivity index (χ1) is 9.15. The standard InChI is InChI=1S/C15H27NO3Si/c1-8-11-16(14(17)18-5)12-9-10-13-19-20(6,7)15(2,3)4/h8-10,12-13H,1,11H2,2-7H3/b12-9+,13-10+. The van der Waals surface area contributed by atoms with Gasteiger partial charge < -0.3 is 9.16 Å². The SMILES string of the molecule is C=CCN(/C=C/C=C/O[Si](C)(C)C(C)(C)C)C(=O)OC. The van der Waals surface area contributed by atoms with Crippen molar-refractivity contribution in [3.63, 3.8) is 0 Å². The number of ether oxygens (including phenoxy) is 1. The van der Waals surface area contributed by atoms with Crippen LogP contribution in [0.5, 0.6) is 0 Å². The topological polar surface area (TPSA) is 38.8 Å². The smallest absolute Gasteiger partial charge is 0.413 e.